The molecule has 2 aliphatic rings. The summed E-state index contributed by atoms with van der Waals surface area (Å²) in [6, 6.07) is 16.1. The standard InChI is InChI=1S/C29H32N4O3S/c1-5-13-35-25-12-11-22(14-19(25)2)27-23(18-33(31-27)24-9-7-6-8-10-24)15-26-28(34)30-29(37-26)32-16-20(3)36-21(4)17-32/h6-12,14-15,18,20-21H,5,13,16-17H2,1-4H3/b26-15+/t20-,21-/m1/s1. The number of ether oxygens (including phenoxy) is 2. The summed E-state index contributed by atoms with van der Waals surface area (Å²) in [6.07, 6.45) is 5.03. The Bertz CT molecular complexity index is 1340. The fraction of sp³-hybridized carbons (Fsp3) is 0.345. The zero-order valence-electron chi connectivity index (χ0n) is 21.7. The Morgan fingerprint density at radius 3 is 2.59 bits per heavy atom. The third-order valence-electron chi connectivity index (χ3n) is 6.26. The summed E-state index contributed by atoms with van der Waals surface area (Å²) < 4.78 is 13.6. The van der Waals surface area contributed by atoms with E-state index in [1.54, 1.807) is 0 Å². The molecule has 2 aromatic carbocycles. The molecule has 8 heteroatoms. The van der Waals surface area contributed by atoms with Gasteiger partial charge in [0.2, 0.25) is 0 Å². The number of aromatic nitrogens is 2. The van der Waals surface area contributed by atoms with Gasteiger partial charge in [-0.3, -0.25) is 4.79 Å². The number of rotatable bonds is 6. The van der Waals surface area contributed by atoms with Gasteiger partial charge in [0.1, 0.15) is 11.4 Å². The molecule has 1 saturated heterocycles. The van der Waals surface area contributed by atoms with Crippen LogP contribution in [0.25, 0.3) is 23.0 Å². The first kappa shape index (κ1) is 25.3. The van der Waals surface area contributed by atoms with Gasteiger partial charge in [-0.15, -0.1) is 0 Å². The summed E-state index contributed by atoms with van der Waals surface area (Å²) in [5.74, 6) is 0.659. The highest BCUT2D eigenvalue weighted by atomic mass is 32.2. The molecule has 192 valence electrons. The molecule has 0 radical (unpaired) electrons. The number of amidine groups is 1. The maximum Gasteiger partial charge on any atom is 0.286 e. The maximum absolute atomic E-state index is 12.9. The lowest BCUT2D eigenvalue weighted by Crippen LogP contribution is -2.47. The van der Waals surface area contributed by atoms with Crippen molar-refractivity contribution in [2.45, 2.75) is 46.3 Å². The minimum Gasteiger partial charge on any atom is -0.493 e. The van der Waals surface area contributed by atoms with Crippen molar-refractivity contribution in [2.24, 2.45) is 4.99 Å². The van der Waals surface area contributed by atoms with E-state index in [0.717, 1.165) is 58.5 Å². The van der Waals surface area contributed by atoms with Gasteiger partial charge in [-0.25, -0.2) is 4.68 Å². The van der Waals surface area contributed by atoms with Gasteiger partial charge in [-0.1, -0.05) is 25.1 Å². The number of thioether (sulfide) groups is 1. The molecule has 0 spiro atoms. The number of morpholine rings is 1. The molecule has 37 heavy (non-hydrogen) atoms. The minimum atomic E-state index is -0.218. The second-order valence-corrected chi connectivity index (χ2v) is 10.5. The summed E-state index contributed by atoms with van der Waals surface area (Å²) in [5, 5.41) is 5.67. The second kappa shape index (κ2) is 10.9. The molecule has 3 aromatic rings. The first-order valence-electron chi connectivity index (χ1n) is 12.7. The maximum atomic E-state index is 12.9. The lowest BCUT2D eigenvalue weighted by molar-refractivity contribution is -0.113. The van der Waals surface area contributed by atoms with E-state index in [1.807, 2.05) is 80.2 Å². The number of hydrogen-bond acceptors (Lipinski definition) is 6. The number of benzene rings is 2. The molecule has 2 atom stereocenters. The number of carbonyl (C=O) groups is 1. The van der Waals surface area contributed by atoms with E-state index in [4.69, 9.17) is 14.6 Å². The van der Waals surface area contributed by atoms with Crippen LogP contribution in [0.5, 0.6) is 5.75 Å². The summed E-state index contributed by atoms with van der Waals surface area (Å²) in [4.78, 5) is 20.1. The van der Waals surface area contributed by atoms with Crippen molar-refractivity contribution in [2.75, 3.05) is 19.7 Å². The van der Waals surface area contributed by atoms with Crippen molar-refractivity contribution in [1.29, 1.82) is 0 Å². The zero-order chi connectivity index (χ0) is 25.9. The quantitative estimate of drug-likeness (QED) is 0.391. The van der Waals surface area contributed by atoms with Crippen molar-refractivity contribution in [3.63, 3.8) is 0 Å². The van der Waals surface area contributed by atoms with Crippen molar-refractivity contribution in [1.82, 2.24) is 14.7 Å². The van der Waals surface area contributed by atoms with Gasteiger partial charge >= 0.3 is 0 Å². The minimum absolute atomic E-state index is 0.0957. The highest BCUT2D eigenvalue weighted by molar-refractivity contribution is 8.18. The Morgan fingerprint density at radius 2 is 1.89 bits per heavy atom. The van der Waals surface area contributed by atoms with E-state index in [2.05, 4.69) is 22.9 Å². The number of para-hydroxylation sites is 1. The molecular weight excluding hydrogens is 484 g/mol. The summed E-state index contributed by atoms with van der Waals surface area (Å²) in [6.45, 7) is 10.4. The van der Waals surface area contributed by atoms with Gasteiger partial charge in [-0.2, -0.15) is 10.1 Å². The van der Waals surface area contributed by atoms with Crippen LogP contribution in [-0.2, 0) is 9.53 Å². The predicted molar refractivity (Wildman–Crippen MR) is 149 cm³/mol. The average Bonchev–Trinajstić information content (AvgIpc) is 3.47. The van der Waals surface area contributed by atoms with E-state index >= 15 is 0 Å². The zero-order valence-corrected chi connectivity index (χ0v) is 22.5. The second-order valence-electron chi connectivity index (χ2n) is 9.51. The molecule has 5 rings (SSSR count). The summed E-state index contributed by atoms with van der Waals surface area (Å²) >= 11 is 1.42. The Morgan fingerprint density at radius 1 is 1.14 bits per heavy atom. The van der Waals surface area contributed by atoms with E-state index in [0.29, 0.717) is 11.5 Å². The molecule has 3 heterocycles. The highest BCUT2D eigenvalue weighted by Gasteiger charge is 2.31. The van der Waals surface area contributed by atoms with Crippen LogP contribution < -0.4 is 4.74 Å². The van der Waals surface area contributed by atoms with Crippen LogP contribution in [0.2, 0.25) is 0 Å². The van der Waals surface area contributed by atoms with Gasteiger partial charge in [0.15, 0.2) is 5.17 Å². The fourth-order valence-electron chi connectivity index (χ4n) is 4.61. The molecule has 1 fully saturated rings. The lowest BCUT2D eigenvalue weighted by Gasteiger charge is -2.35. The number of aryl methyl sites for hydroxylation is 1. The normalized spacial score (nSPS) is 21.0. The Kier molecular flexibility index (Phi) is 7.48. The van der Waals surface area contributed by atoms with Gasteiger partial charge < -0.3 is 14.4 Å². The molecule has 2 aliphatic heterocycles. The Hall–Kier alpha value is -3.36. The molecular formula is C29H32N4O3S. The molecule has 0 unspecified atom stereocenters. The molecule has 0 N–H and O–H groups in total. The van der Waals surface area contributed by atoms with Crippen molar-refractivity contribution < 1.29 is 14.3 Å². The molecule has 1 aromatic heterocycles. The van der Waals surface area contributed by atoms with E-state index in [9.17, 15) is 4.79 Å². The van der Waals surface area contributed by atoms with Crippen molar-refractivity contribution >= 4 is 28.9 Å². The Balaban J connectivity index is 1.49. The summed E-state index contributed by atoms with van der Waals surface area (Å²) in [5.41, 5.74) is 4.63. The molecule has 0 aliphatic carbocycles. The summed E-state index contributed by atoms with van der Waals surface area (Å²) in [7, 11) is 0. The monoisotopic (exact) mass is 516 g/mol. The molecule has 0 bridgehead atoms. The largest absolute Gasteiger partial charge is 0.493 e. The van der Waals surface area contributed by atoms with E-state index < -0.39 is 0 Å². The molecule has 7 nitrogen and oxygen atoms in total. The average molecular weight is 517 g/mol. The molecule has 0 saturated carbocycles. The topological polar surface area (TPSA) is 68.9 Å². The molecule has 1 amide bonds. The number of carbonyl (C=O) groups excluding carboxylic acids is 1. The highest BCUT2D eigenvalue weighted by Crippen LogP contribution is 2.35. The van der Waals surface area contributed by atoms with Crippen LogP contribution in [0.4, 0.5) is 0 Å². The van der Waals surface area contributed by atoms with Gasteiger partial charge in [0, 0.05) is 30.4 Å². The lowest BCUT2D eigenvalue weighted by atomic mass is 10.0. The van der Waals surface area contributed by atoms with Gasteiger partial charge in [0.05, 0.1) is 29.4 Å². The van der Waals surface area contributed by atoms with Crippen LogP contribution in [0.15, 0.2) is 64.6 Å². The third-order valence-corrected chi connectivity index (χ3v) is 7.30. The number of nitrogens with zero attached hydrogens (tertiary/aromatic N) is 4. The third kappa shape index (κ3) is 5.65. The van der Waals surface area contributed by atoms with Crippen LogP contribution in [-0.4, -0.2) is 57.7 Å². The van der Waals surface area contributed by atoms with Crippen LogP contribution >= 0.6 is 11.8 Å². The van der Waals surface area contributed by atoms with Gasteiger partial charge in [0.25, 0.3) is 5.91 Å². The van der Waals surface area contributed by atoms with E-state index in [-0.39, 0.29) is 18.1 Å². The fourth-order valence-corrected chi connectivity index (χ4v) is 5.53. The Labute approximate surface area is 222 Å². The number of amides is 1. The van der Waals surface area contributed by atoms with Gasteiger partial charge in [-0.05, 0) is 80.9 Å². The number of aliphatic imine (C=N–C) groups is 1. The predicted octanol–water partition coefficient (Wildman–Crippen LogP) is 5.72. The van der Waals surface area contributed by atoms with E-state index in [1.165, 1.54) is 11.8 Å². The van der Waals surface area contributed by atoms with Crippen molar-refractivity contribution in [3.8, 4) is 22.7 Å². The van der Waals surface area contributed by atoms with Crippen LogP contribution in [0, 0.1) is 6.92 Å². The SMILES string of the molecule is CCCOc1ccc(-c2nn(-c3ccccc3)cc2/C=C2/SC(N3C[C@@H](C)O[C@H](C)C3)=NC2=O)cc1C. The number of hydrogen-bond donors (Lipinski definition) is 0. The first-order valence-corrected chi connectivity index (χ1v) is 13.5. The smallest absolute Gasteiger partial charge is 0.286 e. The first-order chi connectivity index (χ1) is 17.9. The van der Waals surface area contributed by atoms with Crippen LogP contribution in [0.1, 0.15) is 38.3 Å². The van der Waals surface area contributed by atoms with Crippen molar-refractivity contribution in [3.05, 3.63) is 70.8 Å². The van der Waals surface area contributed by atoms with Crippen LogP contribution in [0.3, 0.4) is 0 Å².